The second-order valence-corrected chi connectivity index (χ2v) is 9.87. The van der Waals surface area contributed by atoms with E-state index in [2.05, 4.69) is 10.3 Å². The van der Waals surface area contributed by atoms with Crippen molar-refractivity contribution in [1.29, 1.82) is 0 Å². The first kappa shape index (κ1) is 21.8. The number of ether oxygens (including phenoxy) is 1. The van der Waals surface area contributed by atoms with E-state index >= 15 is 0 Å². The van der Waals surface area contributed by atoms with Crippen LogP contribution in [0.15, 0.2) is 35.1 Å². The van der Waals surface area contributed by atoms with E-state index < -0.39 is 11.5 Å². The van der Waals surface area contributed by atoms with Crippen LogP contribution in [0.2, 0.25) is 5.02 Å². The number of carbonyl (C=O) groups excluding carboxylic acids is 2. The van der Waals surface area contributed by atoms with Gasteiger partial charge in [-0.1, -0.05) is 37.6 Å². The number of aromatic amines is 1. The number of H-pyrrole nitrogens is 1. The minimum Gasteiger partial charge on any atom is -0.381 e. The van der Waals surface area contributed by atoms with Gasteiger partial charge in [0, 0.05) is 47.9 Å². The van der Waals surface area contributed by atoms with Crippen molar-refractivity contribution in [2.75, 3.05) is 19.8 Å². The summed E-state index contributed by atoms with van der Waals surface area (Å²) in [5.74, 6) is -0.522. The largest absolute Gasteiger partial charge is 0.381 e. The van der Waals surface area contributed by atoms with Crippen LogP contribution in [0.3, 0.4) is 0 Å². The number of carbonyl (C=O) groups is 2. The molecular weight excluding hydrogens is 416 g/mol. The van der Waals surface area contributed by atoms with Crippen LogP contribution in [0.1, 0.15) is 65.1 Å². The standard InChI is InChI=1S/C24H27ClN2O4/c1-23(2)12-19-17(20(28)13-23)11-18(22(30)27-19)21(29)26-14-24(6-8-31-9-7-24)15-4-3-5-16(25)10-15/h3-5,10-11H,6-9,12-14H2,1-2H3,(H,26,29)(H,27,30). The minimum atomic E-state index is -0.477. The quantitative estimate of drug-likeness (QED) is 0.756. The van der Waals surface area contributed by atoms with Crippen molar-refractivity contribution in [2.24, 2.45) is 5.41 Å². The SMILES string of the molecule is CC1(C)CC(=O)c2cc(C(=O)NCC3(c4cccc(Cl)c4)CCOCC3)c(=O)[nH]c2C1. The minimum absolute atomic E-state index is 0.0277. The predicted octanol–water partition coefficient (Wildman–Crippen LogP) is 3.66. The third-order valence-electron chi connectivity index (χ3n) is 6.44. The number of aromatic nitrogens is 1. The van der Waals surface area contributed by atoms with Gasteiger partial charge >= 0.3 is 0 Å². The zero-order valence-corrected chi connectivity index (χ0v) is 18.6. The van der Waals surface area contributed by atoms with Crippen LogP contribution >= 0.6 is 11.6 Å². The molecule has 164 valence electrons. The molecule has 0 unspecified atom stereocenters. The van der Waals surface area contributed by atoms with Gasteiger partial charge in [0.25, 0.3) is 11.5 Å². The van der Waals surface area contributed by atoms with E-state index in [1.807, 2.05) is 38.1 Å². The first-order valence-electron chi connectivity index (χ1n) is 10.6. The second kappa shape index (κ2) is 8.24. The molecule has 1 aliphatic carbocycles. The van der Waals surface area contributed by atoms with E-state index in [4.69, 9.17) is 16.3 Å². The molecule has 2 N–H and O–H groups in total. The highest BCUT2D eigenvalue weighted by Crippen LogP contribution is 2.36. The van der Waals surface area contributed by atoms with Crippen molar-refractivity contribution >= 4 is 23.3 Å². The highest BCUT2D eigenvalue weighted by Gasteiger charge is 2.36. The number of nitrogens with one attached hydrogen (secondary N) is 2. The van der Waals surface area contributed by atoms with Gasteiger partial charge in [0.15, 0.2) is 5.78 Å². The van der Waals surface area contributed by atoms with Crippen molar-refractivity contribution in [3.63, 3.8) is 0 Å². The highest BCUT2D eigenvalue weighted by atomic mass is 35.5. The molecule has 1 aromatic carbocycles. The van der Waals surface area contributed by atoms with Gasteiger partial charge < -0.3 is 15.0 Å². The molecular formula is C24H27ClN2O4. The Hall–Kier alpha value is -2.44. The van der Waals surface area contributed by atoms with Gasteiger partial charge in [-0.2, -0.15) is 0 Å². The normalized spacial score (nSPS) is 19.5. The average molecular weight is 443 g/mol. The summed E-state index contributed by atoms with van der Waals surface area (Å²) < 4.78 is 5.54. The zero-order valence-electron chi connectivity index (χ0n) is 17.8. The number of rotatable bonds is 4. The monoisotopic (exact) mass is 442 g/mol. The molecule has 0 bridgehead atoms. The summed E-state index contributed by atoms with van der Waals surface area (Å²) in [6.45, 7) is 5.52. The van der Waals surface area contributed by atoms with Crippen LogP contribution < -0.4 is 10.9 Å². The summed E-state index contributed by atoms with van der Waals surface area (Å²) in [4.78, 5) is 41.0. The van der Waals surface area contributed by atoms with E-state index in [9.17, 15) is 14.4 Å². The van der Waals surface area contributed by atoms with Crippen LogP contribution in [-0.2, 0) is 16.6 Å². The first-order chi connectivity index (χ1) is 14.7. The van der Waals surface area contributed by atoms with Gasteiger partial charge in [0.05, 0.1) is 0 Å². The second-order valence-electron chi connectivity index (χ2n) is 9.43. The number of halogens is 1. The molecule has 1 saturated heterocycles. The van der Waals surface area contributed by atoms with Crippen molar-refractivity contribution in [1.82, 2.24) is 10.3 Å². The molecule has 0 radical (unpaired) electrons. The summed E-state index contributed by atoms with van der Waals surface area (Å²) in [6.07, 6.45) is 2.47. The summed E-state index contributed by atoms with van der Waals surface area (Å²) in [7, 11) is 0. The Morgan fingerprint density at radius 1 is 1.16 bits per heavy atom. The Balaban J connectivity index is 1.59. The average Bonchev–Trinajstić information content (AvgIpc) is 2.71. The molecule has 0 saturated carbocycles. The number of benzene rings is 1. The number of hydrogen-bond donors (Lipinski definition) is 2. The zero-order chi connectivity index (χ0) is 22.2. The Labute approximate surface area is 186 Å². The van der Waals surface area contributed by atoms with Gasteiger partial charge in [-0.05, 0) is 48.4 Å². The Bertz CT molecular complexity index is 1080. The van der Waals surface area contributed by atoms with Crippen molar-refractivity contribution in [2.45, 2.75) is 44.9 Å². The van der Waals surface area contributed by atoms with Crippen molar-refractivity contribution in [3.8, 4) is 0 Å². The number of ketones is 1. The molecule has 0 atom stereocenters. The Kier molecular flexibility index (Phi) is 5.79. The maximum absolute atomic E-state index is 13.0. The van der Waals surface area contributed by atoms with Gasteiger partial charge in [-0.3, -0.25) is 14.4 Å². The molecule has 2 aliphatic rings. The fraction of sp³-hybridized carbons (Fsp3) is 0.458. The summed E-state index contributed by atoms with van der Waals surface area (Å²) >= 11 is 6.21. The van der Waals surface area contributed by atoms with E-state index in [1.165, 1.54) is 6.07 Å². The van der Waals surface area contributed by atoms with E-state index in [0.717, 1.165) is 18.4 Å². The maximum atomic E-state index is 13.0. The van der Waals surface area contributed by atoms with E-state index in [0.29, 0.717) is 48.9 Å². The molecule has 4 rings (SSSR count). The van der Waals surface area contributed by atoms with Crippen LogP contribution in [0.5, 0.6) is 0 Å². The lowest BCUT2D eigenvalue weighted by atomic mass is 9.74. The molecule has 1 fully saturated rings. The molecule has 7 heteroatoms. The lowest BCUT2D eigenvalue weighted by molar-refractivity contribution is 0.0487. The highest BCUT2D eigenvalue weighted by molar-refractivity contribution is 6.30. The predicted molar refractivity (Wildman–Crippen MR) is 119 cm³/mol. The lowest BCUT2D eigenvalue weighted by Gasteiger charge is -2.38. The molecule has 1 aromatic heterocycles. The molecule has 31 heavy (non-hydrogen) atoms. The van der Waals surface area contributed by atoms with E-state index in [1.54, 1.807) is 0 Å². The Morgan fingerprint density at radius 3 is 2.61 bits per heavy atom. The molecule has 2 aromatic rings. The topological polar surface area (TPSA) is 88.3 Å². The van der Waals surface area contributed by atoms with Crippen molar-refractivity contribution in [3.05, 3.63) is 68.1 Å². The van der Waals surface area contributed by atoms with Crippen LogP contribution in [0.4, 0.5) is 0 Å². The number of Topliss-reactive ketones (excluding diaryl/α,β-unsaturated/α-hetero) is 1. The number of pyridine rings is 1. The first-order valence-corrected chi connectivity index (χ1v) is 11.0. The van der Waals surface area contributed by atoms with Crippen LogP contribution in [0, 0.1) is 5.41 Å². The smallest absolute Gasteiger partial charge is 0.261 e. The number of amides is 1. The van der Waals surface area contributed by atoms with E-state index in [-0.39, 0.29) is 22.2 Å². The van der Waals surface area contributed by atoms with Crippen LogP contribution in [-0.4, -0.2) is 36.4 Å². The number of fused-ring (bicyclic) bond motifs is 1. The maximum Gasteiger partial charge on any atom is 0.261 e. The lowest BCUT2D eigenvalue weighted by Crippen LogP contribution is -2.45. The fourth-order valence-corrected chi connectivity index (χ4v) is 4.88. The third-order valence-corrected chi connectivity index (χ3v) is 6.67. The summed E-state index contributed by atoms with van der Waals surface area (Å²) in [5, 5.41) is 3.58. The molecule has 1 amide bonds. The Morgan fingerprint density at radius 2 is 1.90 bits per heavy atom. The molecule has 1 aliphatic heterocycles. The van der Waals surface area contributed by atoms with Crippen molar-refractivity contribution < 1.29 is 14.3 Å². The van der Waals surface area contributed by atoms with Crippen LogP contribution in [0.25, 0.3) is 0 Å². The van der Waals surface area contributed by atoms with Gasteiger partial charge in [0.1, 0.15) is 5.56 Å². The third kappa shape index (κ3) is 4.46. The fourth-order valence-electron chi connectivity index (χ4n) is 4.69. The number of hydrogen-bond acceptors (Lipinski definition) is 4. The molecule has 6 nitrogen and oxygen atoms in total. The molecule has 2 heterocycles. The van der Waals surface area contributed by atoms with Gasteiger partial charge in [-0.15, -0.1) is 0 Å². The molecule has 0 spiro atoms. The van der Waals surface area contributed by atoms with Gasteiger partial charge in [-0.25, -0.2) is 0 Å². The summed E-state index contributed by atoms with van der Waals surface area (Å²) in [5.41, 5.74) is 1.08. The van der Waals surface area contributed by atoms with Gasteiger partial charge in [0.2, 0.25) is 0 Å². The summed E-state index contributed by atoms with van der Waals surface area (Å²) in [6, 6.07) is 9.11.